The third kappa shape index (κ3) is 6.81. The fourth-order valence-corrected chi connectivity index (χ4v) is 10.8. The Hall–Kier alpha value is -2.82. The predicted molar refractivity (Wildman–Crippen MR) is 166 cm³/mol. The molecule has 4 rings (SSSR count). The smallest absolute Gasteiger partial charge is 0.261 e. The highest BCUT2D eigenvalue weighted by atomic mass is 32.2. The summed E-state index contributed by atoms with van der Waals surface area (Å²) >= 11 is 1.42. The molecule has 218 valence electrons. The Morgan fingerprint density at radius 3 is 2.05 bits per heavy atom. The first kappa shape index (κ1) is 31.1. The number of nitrogens with zero attached hydrogens (tertiary/aromatic N) is 3. The van der Waals surface area contributed by atoms with Gasteiger partial charge in [-0.2, -0.15) is 0 Å². The fraction of sp³-hybridized carbons (Fsp3) is 0.419. The zero-order valence-electron chi connectivity index (χ0n) is 24.2. The molecular formula is C31H39N3O5SSi. The maximum Gasteiger partial charge on any atom is 0.261 e. The van der Waals surface area contributed by atoms with Gasteiger partial charge < -0.3 is 23.7 Å². The van der Waals surface area contributed by atoms with Crippen molar-refractivity contribution in [1.29, 1.82) is 0 Å². The molecule has 0 spiro atoms. The van der Waals surface area contributed by atoms with Crippen molar-refractivity contribution in [2.45, 2.75) is 62.2 Å². The van der Waals surface area contributed by atoms with E-state index in [0.717, 1.165) is 21.7 Å². The maximum atomic E-state index is 11.6. The van der Waals surface area contributed by atoms with Gasteiger partial charge in [0.05, 0.1) is 26.4 Å². The lowest BCUT2D eigenvalue weighted by atomic mass is 9.98. The maximum absolute atomic E-state index is 11.6. The quantitative estimate of drug-likeness (QED) is 0.140. The first-order valence-electron chi connectivity index (χ1n) is 13.6. The van der Waals surface area contributed by atoms with Gasteiger partial charge in [-0.25, -0.2) is 0 Å². The summed E-state index contributed by atoms with van der Waals surface area (Å²) in [4.78, 5) is 3.04. The molecule has 0 saturated carbocycles. The summed E-state index contributed by atoms with van der Waals surface area (Å²) < 4.78 is 24.9. The molecule has 0 aromatic heterocycles. The highest BCUT2D eigenvalue weighted by molar-refractivity contribution is 7.99. The molecule has 1 saturated heterocycles. The average molecular weight is 594 g/mol. The second-order valence-corrected chi connectivity index (χ2v) is 16.3. The third-order valence-corrected chi connectivity index (χ3v) is 13.4. The van der Waals surface area contributed by atoms with Gasteiger partial charge in [0.2, 0.25) is 0 Å². The van der Waals surface area contributed by atoms with Crippen LogP contribution in [0.15, 0.2) is 90.0 Å². The van der Waals surface area contributed by atoms with Crippen molar-refractivity contribution in [1.82, 2.24) is 0 Å². The van der Waals surface area contributed by atoms with Crippen molar-refractivity contribution in [2.75, 3.05) is 20.0 Å². The number of methoxy groups -OCH3 is 1. The van der Waals surface area contributed by atoms with E-state index in [9.17, 15) is 10.6 Å². The molecule has 3 aromatic rings. The normalized spacial score (nSPS) is 23.0. The number of azide groups is 1. The van der Waals surface area contributed by atoms with E-state index in [1.165, 1.54) is 11.8 Å². The first-order chi connectivity index (χ1) is 19.7. The summed E-state index contributed by atoms with van der Waals surface area (Å²) in [5.74, 6) is 0.745. The summed E-state index contributed by atoms with van der Waals surface area (Å²) in [5, 5.41) is 17.7. The second-order valence-electron chi connectivity index (χ2n) is 11.1. The van der Waals surface area contributed by atoms with Crippen LogP contribution in [0.5, 0.6) is 5.75 Å². The lowest BCUT2D eigenvalue weighted by Crippen LogP contribution is -2.68. The van der Waals surface area contributed by atoms with Gasteiger partial charge in [0.25, 0.3) is 8.32 Å². The summed E-state index contributed by atoms with van der Waals surface area (Å²) in [6.45, 7) is 7.00. The molecule has 10 heteroatoms. The fourth-order valence-electron chi connectivity index (χ4n) is 5.49. The molecule has 41 heavy (non-hydrogen) atoms. The van der Waals surface area contributed by atoms with Gasteiger partial charge in [-0.1, -0.05) is 98.7 Å². The summed E-state index contributed by atoms with van der Waals surface area (Å²) in [6.07, 6.45) is -0.666. The van der Waals surface area contributed by atoms with Gasteiger partial charge in [-0.05, 0) is 44.9 Å². The van der Waals surface area contributed by atoms with E-state index in [2.05, 4.69) is 55.1 Å². The minimum atomic E-state index is -2.86. The monoisotopic (exact) mass is 593 g/mol. The van der Waals surface area contributed by atoms with Crippen molar-refractivity contribution in [2.24, 2.45) is 5.11 Å². The van der Waals surface area contributed by atoms with Crippen LogP contribution in [0.1, 0.15) is 26.3 Å². The topological polar surface area (TPSA) is 106 Å². The Balaban J connectivity index is 1.64. The molecule has 1 fully saturated rings. The predicted octanol–water partition coefficient (Wildman–Crippen LogP) is 5.28. The number of thioether (sulfide) groups is 1. The van der Waals surface area contributed by atoms with Gasteiger partial charge in [0, 0.05) is 4.91 Å². The Morgan fingerprint density at radius 1 is 0.976 bits per heavy atom. The molecule has 3 aromatic carbocycles. The van der Waals surface area contributed by atoms with Crippen LogP contribution in [0.2, 0.25) is 5.04 Å². The van der Waals surface area contributed by atoms with Crippen molar-refractivity contribution >= 4 is 30.5 Å². The van der Waals surface area contributed by atoms with Crippen LogP contribution in [0.3, 0.4) is 0 Å². The van der Waals surface area contributed by atoms with E-state index in [1.807, 2.05) is 66.9 Å². The van der Waals surface area contributed by atoms with Crippen LogP contribution in [0.4, 0.5) is 0 Å². The Bertz CT molecular complexity index is 1250. The van der Waals surface area contributed by atoms with Gasteiger partial charge in [-0.15, -0.1) is 11.8 Å². The van der Waals surface area contributed by atoms with Crippen molar-refractivity contribution in [3.05, 3.63) is 101 Å². The third-order valence-electron chi connectivity index (χ3n) is 7.54. The van der Waals surface area contributed by atoms with Crippen molar-refractivity contribution in [3.63, 3.8) is 0 Å². The van der Waals surface area contributed by atoms with Crippen LogP contribution in [-0.4, -0.2) is 63.2 Å². The van der Waals surface area contributed by atoms with Crippen LogP contribution < -0.4 is 15.1 Å². The lowest BCUT2D eigenvalue weighted by molar-refractivity contribution is -0.183. The van der Waals surface area contributed by atoms with E-state index in [1.54, 1.807) is 7.11 Å². The number of hydrogen-bond acceptors (Lipinski definition) is 7. The Kier molecular flexibility index (Phi) is 10.5. The van der Waals surface area contributed by atoms with Crippen LogP contribution in [-0.2, 0) is 20.5 Å². The SMILES string of the molecule is COc1ccc(CO[C@H]2[C@@H](O)[C@@H](CO[Si](c3ccccc3)(c3ccccc3)C(C)(C)C)O[C@@H](SC)[C@@H]2N=[N+]=[N-])cc1. The number of hydrogen-bond donors (Lipinski definition) is 1. The lowest BCUT2D eigenvalue weighted by Gasteiger charge is -2.46. The second kappa shape index (κ2) is 13.9. The highest BCUT2D eigenvalue weighted by Gasteiger charge is 2.52. The van der Waals surface area contributed by atoms with Crippen LogP contribution >= 0.6 is 11.8 Å². The molecule has 5 atom stereocenters. The number of aliphatic hydroxyl groups excluding tert-OH is 1. The van der Waals surface area contributed by atoms with Crippen LogP contribution in [0.25, 0.3) is 10.4 Å². The van der Waals surface area contributed by atoms with Gasteiger partial charge >= 0.3 is 0 Å². The van der Waals surface area contributed by atoms with E-state index < -0.39 is 38.1 Å². The Morgan fingerprint density at radius 2 is 1.56 bits per heavy atom. The number of ether oxygens (including phenoxy) is 3. The standard InChI is InChI=1S/C31H39N3O5SSi/c1-31(2,3)41(24-12-8-6-9-13-24,25-14-10-7-11-15-25)38-21-26-28(35)29(27(33-34-32)30(39-26)40-5)37-20-22-16-18-23(36-4)19-17-22/h6-19,26-30,35H,20-21H2,1-5H3/t26-,27-,28+,29-,30+/m1/s1. The molecular weight excluding hydrogens is 555 g/mol. The van der Waals surface area contributed by atoms with E-state index in [4.69, 9.17) is 18.6 Å². The summed E-state index contributed by atoms with van der Waals surface area (Å²) in [7, 11) is -1.25. The molecule has 0 bridgehead atoms. The molecule has 1 aliphatic rings. The molecule has 8 nitrogen and oxygen atoms in total. The zero-order chi connectivity index (χ0) is 29.5. The Labute approximate surface area is 247 Å². The molecule has 1 aliphatic heterocycles. The first-order valence-corrected chi connectivity index (χ1v) is 16.8. The number of aliphatic hydroxyl groups is 1. The van der Waals surface area contributed by atoms with E-state index >= 15 is 0 Å². The van der Waals surface area contributed by atoms with Gasteiger partial charge in [0.1, 0.15) is 29.4 Å². The van der Waals surface area contributed by atoms with Crippen molar-refractivity contribution in [3.8, 4) is 5.75 Å². The summed E-state index contributed by atoms with van der Waals surface area (Å²) in [6, 6.07) is 27.5. The highest BCUT2D eigenvalue weighted by Crippen LogP contribution is 2.38. The van der Waals surface area contributed by atoms with Gasteiger partial charge in [0.15, 0.2) is 0 Å². The minimum Gasteiger partial charge on any atom is -0.497 e. The molecule has 0 radical (unpaired) electrons. The zero-order valence-corrected chi connectivity index (χ0v) is 26.0. The largest absolute Gasteiger partial charge is 0.497 e. The van der Waals surface area contributed by atoms with Gasteiger partial charge in [-0.3, -0.25) is 0 Å². The molecule has 1 heterocycles. The van der Waals surface area contributed by atoms with E-state index in [0.29, 0.717) is 0 Å². The molecule has 0 unspecified atom stereocenters. The summed E-state index contributed by atoms with van der Waals surface area (Å²) in [5.41, 5.74) is 9.72. The molecule has 0 amide bonds. The number of benzene rings is 3. The molecule has 0 aliphatic carbocycles. The number of rotatable bonds is 11. The minimum absolute atomic E-state index is 0.150. The molecule has 1 N–H and O–H groups in total. The van der Waals surface area contributed by atoms with E-state index in [-0.39, 0.29) is 18.3 Å². The van der Waals surface area contributed by atoms with Crippen molar-refractivity contribution < 1.29 is 23.7 Å². The average Bonchev–Trinajstić information content (AvgIpc) is 2.99. The van der Waals surface area contributed by atoms with Crippen LogP contribution in [0, 0.1) is 0 Å².